The van der Waals surface area contributed by atoms with E-state index in [0.29, 0.717) is 5.92 Å². The lowest BCUT2D eigenvalue weighted by molar-refractivity contribution is 0.260. The van der Waals surface area contributed by atoms with Crippen LogP contribution in [0, 0.1) is 17.8 Å². The Labute approximate surface area is 129 Å². The Bertz CT molecular complexity index is 459. The molecule has 0 radical (unpaired) electrons. The second-order valence-corrected chi connectivity index (χ2v) is 9.32. The molecule has 4 unspecified atom stereocenters. The average molecular weight is 314 g/mol. The summed E-state index contributed by atoms with van der Waals surface area (Å²) in [4.78, 5) is 0. The molecule has 122 valence electrons. The van der Waals surface area contributed by atoms with Crippen LogP contribution in [-0.2, 0) is 10.2 Å². The van der Waals surface area contributed by atoms with Crippen molar-refractivity contribution in [3.8, 4) is 0 Å². The summed E-state index contributed by atoms with van der Waals surface area (Å²) in [7, 11) is -1.57. The lowest BCUT2D eigenvalue weighted by Crippen LogP contribution is -2.49. The zero-order chi connectivity index (χ0) is 15.0. The van der Waals surface area contributed by atoms with E-state index in [1.165, 1.54) is 32.1 Å². The van der Waals surface area contributed by atoms with Crippen LogP contribution in [0.1, 0.15) is 64.7 Å². The molecule has 0 aromatic heterocycles. The second-order valence-electron chi connectivity index (χ2n) is 7.56. The van der Waals surface area contributed by atoms with Gasteiger partial charge in [-0.05, 0) is 56.8 Å². The summed E-state index contributed by atoms with van der Waals surface area (Å²) in [5.74, 6) is 2.17. The van der Waals surface area contributed by atoms with Crippen LogP contribution in [0.15, 0.2) is 0 Å². The SMILES string of the molecule is CC(NS(=O)(=O)N(C)C1CCCCC1)C1CC2CCC1C2. The van der Waals surface area contributed by atoms with Gasteiger partial charge in [0.2, 0.25) is 0 Å². The summed E-state index contributed by atoms with van der Waals surface area (Å²) in [6.07, 6.45) is 10.8. The first-order valence-corrected chi connectivity index (χ1v) is 10.2. The van der Waals surface area contributed by atoms with Crippen LogP contribution in [0.3, 0.4) is 0 Å². The van der Waals surface area contributed by atoms with Crippen molar-refractivity contribution in [2.75, 3.05) is 7.05 Å². The summed E-state index contributed by atoms with van der Waals surface area (Å²) in [5.41, 5.74) is 0. The molecular weight excluding hydrogens is 284 g/mol. The summed E-state index contributed by atoms with van der Waals surface area (Å²) >= 11 is 0. The molecule has 3 aliphatic carbocycles. The monoisotopic (exact) mass is 314 g/mol. The molecule has 0 spiro atoms. The average Bonchev–Trinajstić information content (AvgIpc) is 3.09. The van der Waals surface area contributed by atoms with Crippen molar-refractivity contribution in [1.29, 1.82) is 0 Å². The Morgan fingerprint density at radius 2 is 1.76 bits per heavy atom. The fourth-order valence-corrected chi connectivity index (χ4v) is 6.37. The lowest BCUT2D eigenvalue weighted by Gasteiger charge is -2.34. The van der Waals surface area contributed by atoms with Crippen LogP contribution in [0.2, 0.25) is 0 Å². The fraction of sp³-hybridized carbons (Fsp3) is 1.00. The van der Waals surface area contributed by atoms with E-state index in [1.807, 2.05) is 0 Å². The third-order valence-electron chi connectivity index (χ3n) is 6.24. The summed E-state index contributed by atoms with van der Waals surface area (Å²) in [6.45, 7) is 2.07. The third-order valence-corrected chi connectivity index (χ3v) is 7.96. The number of rotatable bonds is 5. The first-order valence-electron chi connectivity index (χ1n) is 8.72. The Morgan fingerprint density at radius 1 is 1.05 bits per heavy atom. The largest absolute Gasteiger partial charge is 0.279 e. The van der Waals surface area contributed by atoms with Crippen LogP contribution in [-0.4, -0.2) is 31.9 Å². The molecule has 3 rings (SSSR count). The number of nitrogens with one attached hydrogen (secondary N) is 1. The van der Waals surface area contributed by atoms with Gasteiger partial charge in [-0.2, -0.15) is 17.4 Å². The molecule has 0 heterocycles. The van der Waals surface area contributed by atoms with E-state index in [2.05, 4.69) is 11.6 Å². The number of hydrogen-bond acceptors (Lipinski definition) is 2. The molecule has 3 fully saturated rings. The lowest BCUT2D eigenvalue weighted by atomic mass is 9.84. The van der Waals surface area contributed by atoms with Crippen molar-refractivity contribution in [3.63, 3.8) is 0 Å². The van der Waals surface area contributed by atoms with Gasteiger partial charge in [0.25, 0.3) is 10.2 Å². The van der Waals surface area contributed by atoms with Gasteiger partial charge in [-0.3, -0.25) is 0 Å². The zero-order valence-corrected chi connectivity index (χ0v) is 14.2. The molecule has 0 aliphatic heterocycles. The molecule has 5 heteroatoms. The highest BCUT2D eigenvalue weighted by atomic mass is 32.2. The molecule has 4 nitrogen and oxygen atoms in total. The topological polar surface area (TPSA) is 49.4 Å². The van der Waals surface area contributed by atoms with E-state index in [9.17, 15) is 8.42 Å². The van der Waals surface area contributed by atoms with Crippen molar-refractivity contribution in [2.24, 2.45) is 17.8 Å². The normalized spacial score (nSPS) is 35.5. The van der Waals surface area contributed by atoms with Crippen LogP contribution in [0.25, 0.3) is 0 Å². The smallest absolute Gasteiger partial charge is 0.199 e. The summed E-state index contributed by atoms with van der Waals surface area (Å²) in [6, 6.07) is 0.278. The van der Waals surface area contributed by atoms with E-state index < -0.39 is 10.2 Å². The van der Waals surface area contributed by atoms with Gasteiger partial charge < -0.3 is 0 Å². The minimum Gasteiger partial charge on any atom is -0.199 e. The molecule has 1 N–H and O–H groups in total. The molecule has 0 amide bonds. The molecule has 0 aromatic carbocycles. The predicted octanol–water partition coefficient (Wildman–Crippen LogP) is 2.91. The van der Waals surface area contributed by atoms with Crippen LogP contribution in [0.5, 0.6) is 0 Å². The van der Waals surface area contributed by atoms with Gasteiger partial charge in [-0.15, -0.1) is 0 Å². The van der Waals surface area contributed by atoms with Crippen molar-refractivity contribution < 1.29 is 8.42 Å². The van der Waals surface area contributed by atoms with Gasteiger partial charge >= 0.3 is 0 Å². The van der Waals surface area contributed by atoms with Crippen LogP contribution < -0.4 is 4.72 Å². The predicted molar refractivity (Wildman–Crippen MR) is 85.1 cm³/mol. The van der Waals surface area contributed by atoms with Gasteiger partial charge in [0, 0.05) is 19.1 Å². The number of fused-ring (bicyclic) bond motifs is 2. The highest BCUT2D eigenvalue weighted by Gasteiger charge is 2.43. The Balaban J connectivity index is 1.59. The molecule has 0 saturated heterocycles. The first kappa shape index (κ1) is 15.8. The Kier molecular flexibility index (Phi) is 4.63. The minimum absolute atomic E-state index is 0.0799. The Hall–Kier alpha value is -0.130. The van der Waals surface area contributed by atoms with Gasteiger partial charge in [-0.1, -0.05) is 25.7 Å². The molecular formula is C16H30N2O2S. The zero-order valence-electron chi connectivity index (χ0n) is 13.4. The second kappa shape index (κ2) is 6.17. The van der Waals surface area contributed by atoms with E-state index in [0.717, 1.165) is 37.5 Å². The first-order chi connectivity index (χ1) is 9.97. The van der Waals surface area contributed by atoms with E-state index >= 15 is 0 Å². The van der Waals surface area contributed by atoms with Crippen LogP contribution in [0.4, 0.5) is 0 Å². The van der Waals surface area contributed by atoms with Gasteiger partial charge in [0.1, 0.15) is 0 Å². The van der Waals surface area contributed by atoms with E-state index in [1.54, 1.807) is 11.4 Å². The molecule has 0 aromatic rings. The van der Waals surface area contributed by atoms with Gasteiger partial charge in [-0.25, -0.2) is 0 Å². The minimum atomic E-state index is -3.33. The maximum absolute atomic E-state index is 12.6. The number of hydrogen-bond donors (Lipinski definition) is 1. The van der Waals surface area contributed by atoms with Gasteiger partial charge in [0.15, 0.2) is 0 Å². The standard InChI is InChI=1S/C16H30N2O2S/c1-12(16-11-13-8-9-14(16)10-13)17-21(19,20)18(2)15-6-4-3-5-7-15/h12-17H,3-11H2,1-2H3. The molecule has 21 heavy (non-hydrogen) atoms. The summed E-state index contributed by atoms with van der Waals surface area (Å²) < 4.78 is 29.8. The molecule has 3 aliphatic rings. The van der Waals surface area contributed by atoms with E-state index in [4.69, 9.17) is 0 Å². The van der Waals surface area contributed by atoms with Crippen molar-refractivity contribution in [3.05, 3.63) is 0 Å². The quantitative estimate of drug-likeness (QED) is 0.848. The van der Waals surface area contributed by atoms with Crippen LogP contribution >= 0.6 is 0 Å². The highest BCUT2D eigenvalue weighted by Crippen LogP contribution is 2.49. The maximum atomic E-state index is 12.6. The fourth-order valence-electron chi connectivity index (χ4n) is 4.95. The molecule has 2 bridgehead atoms. The summed E-state index contributed by atoms with van der Waals surface area (Å²) in [5, 5.41) is 0. The Morgan fingerprint density at radius 3 is 2.33 bits per heavy atom. The maximum Gasteiger partial charge on any atom is 0.279 e. The number of nitrogens with zero attached hydrogens (tertiary/aromatic N) is 1. The molecule has 4 atom stereocenters. The van der Waals surface area contributed by atoms with Crippen molar-refractivity contribution in [2.45, 2.75) is 76.8 Å². The van der Waals surface area contributed by atoms with E-state index in [-0.39, 0.29) is 12.1 Å². The van der Waals surface area contributed by atoms with Crippen molar-refractivity contribution >= 4 is 10.2 Å². The highest BCUT2D eigenvalue weighted by molar-refractivity contribution is 7.87. The van der Waals surface area contributed by atoms with Crippen molar-refractivity contribution in [1.82, 2.24) is 9.03 Å². The third kappa shape index (κ3) is 3.30. The molecule has 3 saturated carbocycles. The van der Waals surface area contributed by atoms with Gasteiger partial charge in [0.05, 0.1) is 0 Å².